The molecule has 0 spiro atoms. The smallest absolute Gasteiger partial charge is 0.0952 e. The predicted molar refractivity (Wildman–Crippen MR) is 66.9 cm³/mol. The minimum absolute atomic E-state index is 0.508. The molecule has 0 saturated heterocycles. The molecular formula is C11H10Cl2N2O. The van der Waals surface area contributed by atoms with E-state index in [1.165, 1.54) is 0 Å². The van der Waals surface area contributed by atoms with Crippen molar-refractivity contribution in [1.82, 2.24) is 0 Å². The molecule has 1 aromatic carbocycles. The third-order valence-electron chi connectivity index (χ3n) is 2.11. The van der Waals surface area contributed by atoms with E-state index >= 15 is 0 Å². The topological polar surface area (TPSA) is 51.2 Å². The van der Waals surface area contributed by atoms with Crippen LogP contribution in [0.4, 0.5) is 11.4 Å². The Morgan fingerprint density at radius 2 is 1.94 bits per heavy atom. The van der Waals surface area contributed by atoms with E-state index in [2.05, 4.69) is 5.32 Å². The summed E-state index contributed by atoms with van der Waals surface area (Å²) in [5.74, 6) is 0. The summed E-state index contributed by atoms with van der Waals surface area (Å²) in [6.07, 6.45) is 3.27. The van der Waals surface area contributed by atoms with Crippen molar-refractivity contribution in [3.63, 3.8) is 0 Å². The zero-order chi connectivity index (χ0) is 11.5. The Bertz CT molecular complexity index is 460. The van der Waals surface area contributed by atoms with E-state index in [0.29, 0.717) is 28.0 Å². The lowest BCUT2D eigenvalue weighted by molar-refractivity contribution is 0.564. The van der Waals surface area contributed by atoms with Gasteiger partial charge in [-0.2, -0.15) is 0 Å². The molecule has 2 rings (SSSR count). The van der Waals surface area contributed by atoms with Gasteiger partial charge in [0.2, 0.25) is 0 Å². The van der Waals surface area contributed by atoms with Crippen LogP contribution in [0.2, 0.25) is 10.0 Å². The Balaban J connectivity index is 2.15. The van der Waals surface area contributed by atoms with Crippen molar-refractivity contribution < 1.29 is 4.42 Å². The molecule has 1 aromatic heterocycles. The fourth-order valence-electron chi connectivity index (χ4n) is 1.35. The number of nitrogen functional groups attached to an aromatic ring is 1. The zero-order valence-electron chi connectivity index (χ0n) is 8.34. The minimum atomic E-state index is 0.508. The largest absolute Gasteiger partial charge is 0.472 e. The molecule has 2 aromatic rings. The first-order valence-corrected chi connectivity index (χ1v) is 5.42. The van der Waals surface area contributed by atoms with Gasteiger partial charge in [-0.25, -0.2) is 0 Å². The van der Waals surface area contributed by atoms with Gasteiger partial charge in [-0.1, -0.05) is 23.2 Å². The summed E-state index contributed by atoms with van der Waals surface area (Å²) >= 11 is 12.0. The van der Waals surface area contributed by atoms with Crippen LogP contribution in [0.1, 0.15) is 5.56 Å². The lowest BCUT2D eigenvalue weighted by Crippen LogP contribution is -2.00. The Kier molecular flexibility index (Phi) is 3.27. The van der Waals surface area contributed by atoms with E-state index in [0.717, 1.165) is 5.56 Å². The summed E-state index contributed by atoms with van der Waals surface area (Å²) in [7, 11) is 0. The van der Waals surface area contributed by atoms with Crippen LogP contribution in [-0.4, -0.2) is 0 Å². The van der Waals surface area contributed by atoms with E-state index in [9.17, 15) is 0 Å². The molecule has 0 atom stereocenters. The quantitative estimate of drug-likeness (QED) is 0.822. The van der Waals surface area contributed by atoms with Crippen molar-refractivity contribution in [3.8, 4) is 0 Å². The number of halogens is 2. The Hall–Kier alpha value is -1.32. The van der Waals surface area contributed by atoms with Crippen LogP contribution >= 0.6 is 23.2 Å². The Labute approximate surface area is 103 Å². The first kappa shape index (κ1) is 11.2. The highest BCUT2D eigenvalue weighted by molar-refractivity contribution is 6.39. The van der Waals surface area contributed by atoms with Crippen LogP contribution in [0.25, 0.3) is 0 Å². The van der Waals surface area contributed by atoms with E-state index < -0.39 is 0 Å². The fraction of sp³-hybridized carbons (Fsp3) is 0.0909. The van der Waals surface area contributed by atoms with Crippen LogP contribution < -0.4 is 11.1 Å². The van der Waals surface area contributed by atoms with E-state index in [-0.39, 0.29) is 0 Å². The maximum atomic E-state index is 6.02. The normalized spacial score (nSPS) is 10.4. The molecule has 84 valence electrons. The molecule has 16 heavy (non-hydrogen) atoms. The summed E-state index contributed by atoms with van der Waals surface area (Å²) in [6.45, 7) is 0.597. The number of nitrogens with two attached hydrogens (primary N) is 1. The van der Waals surface area contributed by atoms with Crippen LogP contribution in [0, 0.1) is 0 Å². The lowest BCUT2D eigenvalue weighted by Gasteiger charge is -2.10. The summed E-state index contributed by atoms with van der Waals surface area (Å²) in [4.78, 5) is 0. The molecule has 0 amide bonds. The average molecular weight is 257 g/mol. The number of nitrogens with one attached hydrogen (secondary N) is 1. The molecule has 0 aliphatic heterocycles. The van der Waals surface area contributed by atoms with E-state index in [1.54, 1.807) is 24.7 Å². The van der Waals surface area contributed by atoms with E-state index in [4.69, 9.17) is 33.4 Å². The number of benzene rings is 1. The monoisotopic (exact) mass is 256 g/mol. The highest BCUT2D eigenvalue weighted by Crippen LogP contribution is 2.33. The van der Waals surface area contributed by atoms with Crippen molar-refractivity contribution in [1.29, 1.82) is 0 Å². The standard InChI is InChI=1S/C11H10Cl2N2O/c12-9-3-8(14)4-10(13)11(9)15-5-7-1-2-16-6-7/h1-4,6,15H,5,14H2. The average Bonchev–Trinajstić information content (AvgIpc) is 2.68. The third-order valence-corrected chi connectivity index (χ3v) is 2.71. The van der Waals surface area contributed by atoms with Gasteiger partial charge in [-0.15, -0.1) is 0 Å². The van der Waals surface area contributed by atoms with Crippen LogP contribution in [0.15, 0.2) is 35.1 Å². The molecule has 0 radical (unpaired) electrons. The minimum Gasteiger partial charge on any atom is -0.472 e. The molecule has 0 bridgehead atoms. The van der Waals surface area contributed by atoms with Gasteiger partial charge >= 0.3 is 0 Å². The highest BCUT2D eigenvalue weighted by atomic mass is 35.5. The van der Waals surface area contributed by atoms with Gasteiger partial charge in [0, 0.05) is 17.8 Å². The van der Waals surface area contributed by atoms with Crippen molar-refractivity contribution >= 4 is 34.6 Å². The fourth-order valence-corrected chi connectivity index (χ4v) is 1.98. The maximum absolute atomic E-state index is 6.02. The molecule has 5 heteroatoms. The lowest BCUT2D eigenvalue weighted by atomic mass is 10.2. The number of hydrogen-bond donors (Lipinski definition) is 2. The van der Waals surface area contributed by atoms with Crippen LogP contribution in [-0.2, 0) is 6.54 Å². The summed E-state index contributed by atoms with van der Waals surface area (Å²) in [5.41, 5.74) is 7.85. The van der Waals surface area contributed by atoms with Crippen molar-refractivity contribution in [3.05, 3.63) is 46.3 Å². The molecule has 3 N–H and O–H groups in total. The van der Waals surface area contributed by atoms with Crippen LogP contribution in [0.3, 0.4) is 0 Å². The second kappa shape index (κ2) is 4.68. The van der Waals surface area contributed by atoms with Gasteiger partial charge in [0.1, 0.15) is 0 Å². The second-order valence-electron chi connectivity index (χ2n) is 3.34. The second-order valence-corrected chi connectivity index (χ2v) is 4.16. The molecule has 0 fully saturated rings. The highest BCUT2D eigenvalue weighted by Gasteiger charge is 2.07. The Morgan fingerprint density at radius 1 is 1.25 bits per heavy atom. The van der Waals surface area contributed by atoms with E-state index in [1.807, 2.05) is 6.07 Å². The Morgan fingerprint density at radius 3 is 2.50 bits per heavy atom. The van der Waals surface area contributed by atoms with Crippen molar-refractivity contribution in [2.45, 2.75) is 6.54 Å². The number of hydrogen-bond acceptors (Lipinski definition) is 3. The van der Waals surface area contributed by atoms with Gasteiger partial charge in [-0.05, 0) is 18.2 Å². The summed E-state index contributed by atoms with van der Waals surface area (Å²) in [6, 6.07) is 5.18. The molecule has 0 saturated carbocycles. The number of rotatable bonds is 3. The summed E-state index contributed by atoms with van der Waals surface area (Å²) < 4.78 is 4.96. The van der Waals surface area contributed by atoms with Gasteiger partial charge in [-0.3, -0.25) is 0 Å². The van der Waals surface area contributed by atoms with Crippen molar-refractivity contribution in [2.75, 3.05) is 11.1 Å². The number of furan rings is 1. The van der Waals surface area contributed by atoms with Gasteiger partial charge in [0.25, 0.3) is 0 Å². The van der Waals surface area contributed by atoms with Crippen molar-refractivity contribution in [2.24, 2.45) is 0 Å². The SMILES string of the molecule is Nc1cc(Cl)c(NCc2ccoc2)c(Cl)c1. The third kappa shape index (κ3) is 2.43. The zero-order valence-corrected chi connectivity index (χ0v) is 9.85. The molecule has 0 aliphatic carbocycles. The molecule has 0 unspecified atom stereocenters. The van der Waals surface area contributed by atoms with Gasteiger partial charge in [0.15, 0.2) is 0 Å². The summed E-state index contributed by atoms with van der Waals surface area (Å²) in [5, 5.41) is 4.15. The first-order valence-electron chi connectivity index (χ1n) is 4.66. The van der Waals surface area contributed by atoms with Gasteiger partial charge in [0.05, 0.1) is 28.3 Å². The first-order chi connectivity index (χ1) is 7.66. The molecule has 3 nitrogen and oxygen atoms in total. The molecular weight excluding hydrogens is 247 g/mol. The number of anilines is 2. The van der Waals surface area contributed by atoms with Crippen LogP contribution in [0.5, 0.6) is 0 Å². The molecule has 0 aliphatic rings. The predicted octanol–water partition coefficient (Wildman–Crippen LogP) is 3.78. The molecule has 1 heterocycles. The maximum Gasteiger partial charge on any atom is 0.0952 e. The van der Waals surface area contributed by atoms with Gasteiger partial charge < -0.3 is 15.5 Å².